The van der Waals surface area contributed by atoms with Crippen LogP contribution in [-0.4, -0.2) is 55.0 Å². The molecule has 6 heteroatoms. The molecular weight excluding hydrogens is 345 g/mol. The zero-order valence-corrected chi connectivity index (χ0v) is 16.0. The molecule has 2 heterocycles. The fourth-order valence-electron chi connectivity index (χ4n) is 3.64. The number of hydrogen-bond donors (Lipinski definition) is 1. The van der Waals surface area contributed by atoms with Crippen molar-refractivity contribution in [2.45, 2.75) is 32.2 Å². The summed E-state index contributed by atoms with van der Waals surface area (Å²) in [6, 6.07) is 8.22. The summed E-state index contributed by atoms with van der Waals surface area (Å²) in [5.41, 5.74) is 2.50. The van der Waals surface area contributed by atoms with Crippen LogP contribution in [0.15, 0.2) is 24.3 Å². The number of amides is 1. The Morgan fingerprint density at radius 2 is 1.96 bits per heavy atom. The normalized spacial score (nSPS) is 21.0. The molecule has 0 bridgehead atoms. The van der Waals surface area contributed by atoms with Gasteiger partial charge in [-0.3, -0.25) is 4.79 Å². The number of hydrogen-bond acceptors (Lipinski definition) is 3. The first-order valence-electron chi connectivity index (χ1n) is 8.62. The van der Waals surface area contributed by atoms with Crippen molar-refractivity contribution in [3.8, 4) is 0 Å². The van der Waals surface area contributed by atoms with E-state index in [1.807, 2.05) is 6.07 Å². The first kappa shape index (κ1) is 21.2. The predicted octanol–water partition coefficient (Wildman–Crippen LogP) is 2.66. The Hall–Kier alpha value is -0.810. The Kier molecular flexibility index (Phi) is 9.06. The molecule has 1 aromatic rings. The van der Waals surface area contributed by atoms with E-state index in [0.29, 0.717) is 0 Å². The quantitative estimate of drug-likeness (QED) is 0.884. The number of fused-ring (bicyclic) bond motifs is 1. The number of rotatable bonds is 3. The second-order valence-electron chi connectivity index (χ2n) is 6.36. The van der Waals surface area contributed by atoms with E-state index in [-0.39, 0.29) is 36.8 Å². The summed E-state index contributed by atoms with van der Waals surface area (Å²) in [6.07, 6.45) is 3.29. The Morgan fingerprint density at radius 1 is 1.17 bits per heavy atom. The molecule has 24 heavy (non-hydrogen) atoms. The number of nitrogens with zero attached hydrogens (tertiary/aromatic N) is 2. The van der Waals surface area contributed by atoms with Gasteiger partial charge in [-0.25, -0.2) is 0 Å². The lowest BCUT2D eigenvalue weighted by Crippen LogP contribution is -2.45. The fourth-order valence-corrected chi connectivity index (χ4v) is 3.64. The van der Waals surface area contributed by atoms with E-state index in [2.05, 4.69) is 40.2 Å². The lowest BCUT2D eigenvalue weighted by Gasteiger charge is -2.31. The molecule has 136 valence electrons. The minimum Gasteiger partial charge on any atom is -0.340 e. The van der Waals surface area contributed by atoms with Gasteiger partial charge >= 0.3 is 0 Å². The molecule has 1 amide bonds. The molecule has 1 aromatic carbocycles. The van der Waals surface area contributed by atoms with Gasteiger partial charge in [-0.05, 0) is 43.5 Å². The molecule has 1 unspecified atom stereocenters. The van der Waals surface area contributed by atoms with Gasteiger partial charge < -0.3 is 15.1 Å². The first-order chi connectivity index (χ1) is 10.8. The summed E-state index contributed by atoms with van der Waals surface area (Å²) >= 11 is 0. The van der Waals surface area contributed by atoms with Crippen molar-refractivity contribution in [3.05, 3.63) is 35.4 Å². The van der Waals surface area contributed by atoms with Crippen molar-refractivity contribution in [2.24, 2.45) is 0 Å². The van der Waals surface area contributed by atoms with Gasteiger partial charge in [0.25, 0.3) is 0 Å². The van der Waals surface area contributed by atoms with Crippen LogP contribution in [0.25, 0.3) is 0 Å². The summed E-state index contributed by atoms with van der Waals surface area (Å²) in [5, 5.41) is 3.42. The van der Waals surface area contributed by atoms with E-state index < -0.39 is 0 Å². The van der Waals surface area contributed by atoms with Gasteiger partial charge in [-0.15, -0.1) is 24.8 Å². The van der Waals surface area contributed by atoms with E-state index >= 15 is 0 Å². The molecule has 3 rings (SSSR count). The van der Waals surface area contributed by atoms with E-state index in [4.69, 9.17) is 0 Å². The standard InChI is InChI=1S/C18H27N3O.2ClH/c1-2-10-20-11-5-12-21(14-13-20)18(22)17-16-7-4-3-6-15(16)8-9-19-17;;/h3-4,6-7,17,19H,2,5,8-14H2,1H3;2*1H. The lowest BCUT2D eigenvalue weighted by atomic mass is 9.93. The molecule has 1 fully saturated rings. The molecule has 2 aliphatic rings. The fraction of sp³-hybridized carbons (Fsp3) is 0.611. The average molecular weight is 374 g/mol. The highest BCUT2D eigenvalue weighted by molar-refractivity contribution is 5.85. The molecule has 1 atom stereocenters. The Morgan fingerprint density at radius 3 is 2.75 bits per heavy atom. The third-order valence-electron chi connectivity index (χ3n) is 4.80. The lowest BCUT2D eigenvalue weighted by molar-refractivity contribution is -0.133. The van der Waals surface area contributed by atoms with Crippen LogP contribution >= 0.6 is 24.8 Å². The maximum absolute atomic E-state index is 13.0. The maximum atomic E-state index is 13.0. The van der Waals surface area contributed by atoms with Gasteiger partial charge in [0.05, 0.1) is 0 Å². The summed E-state index contributed by atoms with van der Waals surface area (Å²) in [7, 11) is 0. The minimum absolute atomic E-state index is 0. The predicted molar refractivity (Wildman–Crippen MR) is 103 cm³/mol. The topological polar surface area (TPSA) is 35.6 Å². The number of nitrogens with one attached hydrogen (secondary N) is 1. The molecule has 0 spiro atoms. The van der Waals surface area contributed by atoms with Crippen molar-refractivity contribution in [1.82, 2.24) is 15.1 Å². The molecule has 1 N–H and O–H groups in total. The second kappa shape index (κ2) is 10.2. The van der Waals surface area contributed by atoms with E-state index in [1.165, 1.54) is 17.5 Å². The average Bonchev–Trinajstić information content (AvgIpc) is 2.80. The Bertz CT molecular complexity index is 527. The molecule has 0 radical (unpaired) electrons. The molecule has 0 aromatic heterocycles. The number of benzene rings is 1. The highest BCUT2D eigenvalue weighted by Gasteiger charge is 2.30. The van der Waals surface area contributed by atoms with Crippen molar-refractivity contribution in [2.75, 3.05) is 39.3 Å². The molecule has 2 aliphatic heterocycles. The van der Waals surface area contributed by atoms with Gasteiger partial charge in [0.15, 0.2) is 0 Å². The second-order valence-corrected chi connectivity index (χ2v) is 6.36. The first-order valence-corrected chi connectivity index (χ1v) is 8.62. The van der Waals surface area contributed by atoms with E-state index in [1.54, 1.807) is 0 Å². The smallest absolute Gasteiger partial charge is 0.244 e. The largest absolute Gasteiger partial charge is 0.340 e. The summed E-state index contributed by atoms with van der Waals surface area (Å²) in [6.45, 7) is 8.13. The van der Waals surface area contributed by atoms with E-state index in [9.17, 15) is 4.79 Å². The van der Waals surface area contributed by atoms with Crippen LogP contribution in [0, 0.1) is 0 Å². The molecule has 0 saturated carbocycles. The van der Waals surface area contributed by atoms with Crippen molar-refractivity contribution < 1.29 is 4.79 Å². The molecule has 1 saturated heterocycles. The third kappa shape index (κ3) is 4.85. The monoisotopic (exact) mass is 373 g/mol. The third-order valence-corrected chi connectivity index (χ3v) is 4.80. The maximum Gasteiger partial charge on any atom is 0.244 e. The van der Waals surface area contributed by atoms with E-state index in [0.717, 1.165) is 52.1 Å². The van der Waals surface area contributed by atoms with Crippen LogP contribution in [0.5, 0.6) is 0 Å². The van der Waals surface area contributed by atoms with Gasteiger partial charge in [0.2, 0.25) is 5.91 Å². The number of carbonyl (C=O) groups excluding carboxylic acids is 1. The highest BCUT2D eigenvalue weighted by atomic mass is 35.5. The van der Waals surface area contributed by atoms with Crippen LogP contribution in [0.2, 0.25) is 0 Å². The van der Waals surface area contributed by atoms with Crippen LogP contribution < -0.4 is 5.32 Å². The highest BCUT2D eigenvalue weighted by Crippen LogP contribution is 2.24. The summed E-state index contributed by atoms with van der Waals surface area (Å²) in [4.78, 5) is 17.5. The minimum atomic E-state index is -0.150. The number of halogens is 2. The molecule has 0 aliphatic carbocycles. The van der Waals surface area contributed by atoms with Gasteiger partial charge in [0.1, 0.15) is 6.04 Å². The Balaban J connectivity index is 0.00000144. The van der Waals surface area contributed by atoms with Crippen LogP contribution in [0.1, 0.15) is 36.9 Å². The van der Waals surface area contributed by atoms with Crippen LogP contribution in [0.3, 0.4) is 0 Å². The zero-order valence-electron chi connectivity index (χ0n) is 14.4. The van der Waals surface area contributed by atoms with Crippen molar-refractivity contribution >= 4 is 30.7 Å². The van der Waals surface area contributed by atoms with Gasteiger partial charge in [-0.2, -0.15) is 0 Å². The Labute approximate surface area is 157 Å². The van der Waals surface area contributed by atoms with Crippen LogP contribution in [-0.2, 0) is 11.2 Å². The summed E-state index contributed by atoms with van der Waals surface area (Å²) in [5.74, 6) is 0.255. The van der Waals surface area contributed by atoms with Crippen molar-refractivity contribution in [1.29, 1.82) is 0 Å². The summed E-state index contributed by atoms with van der Waals surface area (Å²) < 4.78 is 0. The zero-order chi connectivity index (χ0) is 15.4. The SMILES string of the molecule is CCCN1CCCN(C(=O)C2NCCc3ccccc32)CC1.Cl.Cl. The number of carbonyl (C=O) groups is 1. The molecular formula is C18H29Cl2N3O. The van der Waals surface area contributed by atoms with Crippen LogP contribution in [0.4, 0.5) is 0 Å². The van der Waals surface area contributed by atoms with Gasteiger partial charge in [-0.1, -0.05) is 31.2 Å². The van der Waals surface area contributed by atoms with Crippen molar-refractivity contribution in [3.63, 3.8) is 0 Å². The molecule has 4 nitrogen and oxygen atoms in total. The van der Waals surface area contributed by atoms with Gasteiger partial charge in [0, 0.05) is 26.2 Å².